The molecule has 0 aromatic carbocycles. The van der Waals surface area contributed by atoms with Gasteiger partial charge in [-0.05, 0) is 38.2 Å². The number of hydrogen-bond acceptors (Lipinski definition) is 2. The van der Waals surface area contributed by atoms with E-state index in [4.69, 9.17) is 0 Å². The summed E-state index contributed by atoms with van der Waals surface area (Å²) in [5, 5.41) is 7.56. The first-order chi connectivity index (χ1) is 10.2. The van der Waals surface area contributed by atoms with Gasteiger partial charge in [0, 0.05) is 13.5 Å². The van der Waals surface area contributed by atoms with E-state index >= 15 is 0 Å². The molecule has 118 valence electrons. The van der Waals surface area contributed by atoms with Crippen molar-refractivity contribution >= 4 is 5.84 Å². The molecule has 3 nitrogen and oxygen atoms in total. The summed E-state index contributed by atoms with van der Waals surface area (Å²) in [6, 6.07) is 0.275. The summed E-state index contributed by atoms with van der Waals surface area (Å²) in [6.07, 6.45) is 15.9. The molecule has 0 saturated carbocycles. The molecule has 0 aromatic rings. The van der Waals surface area contributed by atoms with Crippen molar-refractivity contribution in [3.8, 4) is 0 Å². The first kappa shape index (κ1) is 17.5. The number of allylic oxidation sites excluding steroid dienone is 5. The summed E-state index contributed by atoms with van der Waals surface area (Å²) in [7, 11) is 1.92. The second-order valence-corrected chi connectivity index (χ2v) is 5.50. The maximum absolute atomic E-state index is 4.45. The normalized spacial score (nSPS) is 24.5. The molecule has 1 rings (SSSR count). The molecule has 1 aliphatic carbocycles. The second kappa shape index (κ2) is 10.3. The van der Waals surface area contributed by atoms with Gasteiger partial charge in [0.2, 0.25) is 0 Å². The predicted molar refractivity (Wildman–Crippen MR) is 93.4 cm³/mol. The molecule has 0 fully saturated rings. The fraction of sp³-hybridized carbons (Fsp3) is 0.611. The molecular formula is C18H31N3. The van der Waals surface area contributed by atoms with Crippen LogP contribution in [0.15, 0.2) is 40.6 Å². The summed E-state index contributed by atoms with van der Waals surface area (Å²) in [5.41, 5.74) is 6.17. The van der Waals surface area contributed by atoms with E-state index in [2.05, 4.69) is 60.9 Å². The van der Waals surface area contributed by atoms with Gasteiger partial charge in [0.15, 0.2) is 0 Å². The minimum Gasteiger partial charge on any atom is -0.375 e. The van der Waals surface area contributed by atoms with Gasteiger partial charge in [-0.15, -0.1) is 0 Å². The van der Waals surface area contributed by atoms with Gasteiger partial charge in [-0.1, -0.05) is 50.1 Å². The maximum atomic E-state index is 4.45. The first-order valence-corrected chi connectivity index (χ1v) is 8.25. The van der Waals surface area contributed by atoms with Crippen LogP contribution < -0.4 is 10.7 Å². The van der Waals surface area contributed by atoms with Crippen LogP contribution in [-0.4, -0.2) is 18.9 Å². The minimum absolute atomic E-state index is 0.275. The zero-order valence-corrected chi connectivity index (χ0v) is 14.1. The SMILES string of the molecule is CCCC1=C/C/C(C(C)N/N=C(\CC)NC)=C\CC/C=C\1. The Morgan fingerprint density at radius 3 is 2.76 bits per heavy atom. The van der Waals surface area contributed by atoms with Crippen LogP contribution in [0.4, 0.5) is 0 Å². The van der Waals surface area contributed by atoms with Crippen molar-refractivity contribution in [1.82, 2.24) is 10.7 Å². The highest BCUT2D eigenvalue weighted by molar-refractivity contribution is 5.81. The molecule has 0 aliphatic heterocycles. The number of nitrogens with zero attached hydrogens (tertiary/aromatic N) is 1. The second-order valence-electron chi connectivity index (χ2n) is 5.50. The Morgan fingerprint density at radius 1 is 1.29 bits per heavy atom. The molecular weight excluding hydrogens is 258 g/mol. The maximum Gasteiger partial charge on any atom is 0.121 e. The quantitative estimate of drug-likeness (QED) is 0.331. The van der Waals surface area contributed by atoms with Gasteiger partial charge in [0.1, 0.15) is 5.84 Å². The Bertz CT molecular complexity index is 410. The van der Waals surface area contributed by atoms with Crippen LogP contribution in [-0.2, 0) is 0 Å². The molecule has 3 heteroatoms. The topological polar surface area (TPSA) is 36.4 Å². The van der Waals surface area contributed by atoms with Gasteiger partial charge in [0.25, 0.3) is 0 Å². The summed E-state index contributed by atoms with van der Waals surface area (Å²) in [6.45, 7) is 6.53. The van der Waals surface area contributed by atoms with Gasteiger partial charge >= 0.3 is 0 Å². The average molecular weight is 289 g/mol. The van der Waals surface area contributed by atoms with Gasteiger partial charge in [-0.2, -0.15) is 5.10 Å². The van der Waals surface area contributed by atoms with Crippen LogP contribution in [0.1, 0.15) is 59.3 Å². The molecule has 0 heterocycles. The van der Waals surface area contributed by atoms with Crippen LogP contribution in [0.25, 0.3) is 0 Å². The van der Waals surface area contributed by atoms with E-state index in [0.717, 1.165) is 31.5 Å². The van der Waals surface area contributed by atoms with Gasteiger partial charge < -0.3 is 10.7 Å². The van der Waals surface area contributed by atoms with E-state index in [1.54, 1.807) is 0 Å². The highest BCUT2D eigenvalue weighted by atomic mass is 15.3. The lowest BCUT2D eigenvalue weighted by atomic mass is 10.0. The van der Waals surface area contributed by atoms with Gasteiger partial charge in [0.05, 0.1) is 6.04 Å². The predicted octanol–water partition coefficient (Wildman–Crippen LogP) is 4.30. The van der Waals surface area contributed by atoms with Crippen molar-refractivity contribution in [1.29, 1.82) is 0 Å². The van der Waals surface area contributed by atoms with Crippen molar-refractivity contribution in [2.45, 2.75) is 65.3 Å². The first-order valence-electron chi connectivity index (χ1n) is 8.25. The third-order valence-corrected chi connectivity index (χ3v) is 3.78. The zero-order valence-electron chi connectivity index (χ0n) is 14.1. The van der Waals surface area contributed by atoms with Crippen molar-refractivity contribution < 1.29 is 0 Å². The van der Waals surface area contributed by atoms with Crippen molar-refractivity contribution in [2.24, 2.45) is 5.10 Å². The Balaban J connectivity index is 2.71. The lowest BCUT2D eigenvalue weighted by molar-refractivity contribution is 0.624. The van der Waals surface area contributed by atoms with E-state index in [9.17, 15) is 0 Å². The van der Waals surface area contributed by atoms with Crippen LogP contribution in [0.5, 0.6) is 0 Å². The highest BCUT2D eigenvalue weighted by Gasteiger charge is 2.08. The van der Waals surface area contributed by atoms with Gasteiger partial charge in [-0.3, -0.25) is 0 Å². The third kappa shape index (κ3) is 6.65. The Kier molecular flexibility index (Phi) is 8.56. The third-order valence-electron chi connectivity index (χ3n) is 3.78. The highest BCUT2D eigenvalue weighted by Crippen LogP contribution is 2.18. The zero-order chi connectivity index (χ0) is 15.5. The number of hydrazone groups is 1. The Labute approximate surface area is 130 Å². The summed E-state index contributed by atoms with van der Waals surface area (Å²) in [5.74, 6) is 0.995. The van der Waals surface area contributed by atoms with E-state index < -0.39 is 0 Å². The van der Waals surface area contributed by atoms with Crippen LogP contribution in [0.2, 0.25) is 0 Å². The van der Waals surface area contributed by atoms with E-state index in [-0.39, 0.29) is 6.04 Å². The lowest BCUT2D eigenvalue weighted by Gasteiger charge is -2.16. The molecule has 1 aliphatic rings. The Hall–Kier alpha value is -1.51. The molecule has 1 atom stereocenters. The largest absolute Gasteiger partial charge is 0.375 e. The van der Waals surface area contributed by atoms with E-state index in [1.165, 1.54) is 24.0 Å². The molecule has 0 spiro atoms. The summed E-state index contributed by atoms with van der Waals surface area (Å²) >= 11 is 0. The van der Waals surface area contributed by atoms with Crippen LogP contribution >= 0.6 is 0 Å². The number of hydrogen-bond donors (Lipinski definition) is 2. The molecule has 1 unspecified atom stereocenters. The number of rotatable bonds is 6. The summed E-state index contributed by atoms with van der Waals surface area (Å²) in [4.78, 5) is 0. The molecule has 0 saturated heterocycles. The Morgan fingerprint density at radius 2 is 2.10 bits per heavy atom. The molecule has 0 bridgehead atoms. The lowest BCUT2D eigenvalue weighted by Crippen LogP contribution is -2.28. The fourth-order valence-corrected chi connectivity index (χ4v) is 2.40. The molecule has 0 radical (unpaired) electrons. The van der Waals surface area contributed by atoms with E-state index in [0.29, 0.717) is 0 Å². The van der Waals surface area contributed by atoms with Crippen LogP contribution in [0, 0.1) is 0 Å². The van der Waals surface area contributed by atoms with Crippen molar-refractivity contribution in [2.75, 3.05) is 7.05 Å². The number of nitrogens with one attached hydrogen (secondary N) is 2. The molecule has 0 amide bonds. The standard InChI is InChI=1S/C18H31N3/c1-5-10-16-11-8-7-9-12-17(14-13-16)15(3)20-21-18(6-2)19-4/h8,11-13,15,20H,5-7,9-10,14H2,1-4H3,(H,19,21)/b11-8-,16-13-,17-12+. The molecule has 21 heavy (non-hydrogen) atoms. The van der Waals surface area contributed by atoms with Gasteiger partial charge in [-0.25, -0.2) is 0 Å². The van der Waals surface area contributed by atoms with E-state index in [1.807, 2.05) is 7.05 Å². The van der Waals surface area contributed by atoms with Crippen molar-refractivity contribution in [3.63, 3.8) is 0 Å². The fourth-order valence-electron chi connectivity index (χ4n) is 2.40. The molecule has 2 N–H and O–H groups in total. The monoisotopic (exact) mass is 289 g/mol. The minimum atomic E-state index is 0.275. The summed E-state index contributed by atoms with van der Waals surface area (Å²) < 4.78 is 0. The molecule has 0 aromatic heterocycles. The van der Waals surface area contributed by atoms with Crippen molar-refractivity contribution in [3.05, 3.63) is 35.5 Å². The smallest absolute Gasteiger partial charge is 0.121 e. The van der Waals surface area contributed by atoms with Crippen LogP contribution in [0.3, 0.4) is 0 Å². The number of amidine groups is 1. The average Bonchev–Trinajstić information content (AvgIpc) is 2.61.